The zero-order chi connectivity index (χ0) is 50.1. The number of amides is 4. The number of nitrogens with one attached hydrogen (secondary N) is 2. The SMILES string of the molecule is CCOc1cc(N2CCC(C(=O)N3CCC(N4CCN(c5ccc(N(C(=N)c6cc(C(C)C)c(O)cc6O)C(N)=O)cc5)CC4)CC3)CC2)ccc1Nc1ncc2c(n1)N(C)c1ccccc1C(=O)N2C. The fourth-order valence-electron chi connectivity index (χ4n) is 10.5. The van der Waals surface area contributed by atoms with Gasteiger partial charge in [0.15, 0.2) is 5.82 Å². The average Bonchev–Trinajstić information content (AvgIpc) is 3.45. The summed E-state index contributed by atoms with van der Waals surface area (Å²) in [5.41, 5.74) is 11.5. The maximum Gasteiger partial charge on any atom is 0.325 e. The molecule has 4 aromatic carbocycles. The topological polar surface area (TPSA) is 211 Å². The summed E-state index contributed by atoms with van der Waals surface area (Å²) in [7, 11) is 3.63. The van der Waals surface area contributed by atoms with Crippen molar-refractivity contribution in [2.75, 3.05) is 103 Å². The highest BCUT2D eigenvalue weighted by Crippen LogP contribution is 2.40. The maximum absolute atomic E-state index is 13.9. The number of nitrogens with two attached hydrogens (primary N) is 1. The number of piperazine rings is 1. The largest absolute Gasteiger partial charge is 0.508 e. The monoisotopic (exact) mass is 965 g/mol. The summed E-state index contributed by atoms with van der Waals surface area (Å²) in [6.07, 6.45) is 5.13. The fourth-order valence-corrected chi connectivity index (χ4v) is 10.5. The van der Waals surface area contributed by atoms with Crippen molar-refractivity contribution in [1.82, 2.24) is 19.8 Å². The molecule has 3 saturated heterocycles. The van der Waals surface area contributed by atoms with Gasteiger partial charge in [0, 0.05) is 102 Å². The van der Waals surface area contributed by atoms with Gasteiger partial charge >= 0.3 is 6.03 Å². The number of phenolic OH excluding ortho intramolecular Hbond substituents is 2. The Morgan fingerprint density at radius 3 is 2.18 bits per heavy atom. The first-order chi connectivity index (χ1) is 34.2. The van der Waals surface area contributed by atoms with E-state index in [0.717, 1.165) is 106 Å². The minimum atomic E-state index is -0.858. The second kappa shape index (κ2) is 20.4. The second-order valence-electron chi connectivity index (χ2n) is 19.0. The molecule has 18 heteroatoms. The number of aromatic hydroxyl groups is 2. The van der Waals surface area contributed by atoms with Gasteiger partial charge in [-0.3, -0.25) is 19.9 Å². The molecule has 0 aliphatic carbocycles. The number of hydrogen-bond donors (Lipinski definition) is 5. The van der Waals surface area contributed by atoms with E-state index in [4.69, 9.17) is 20.9 Å². The van der Waals surface area contributed by atoms with Crippen LogP contribution in [0.15, 0.2) is 85.1 Å². The van der Waals surface area contributed by atoms with Crippen molar-refractivity contribution in [3.8, 4) is 17.2 Å². The third-order valence-electron chi connectivity index (χ3n) is 14.5. The predicted molar refractivity (Wildman–Crippen MR) is 278 cm³/mol. The summed E-state index contributed by atoms with van der Waals surface area (Å²) in [6.45, 7) is 12.7. The van der Waals surface area contributed by atoms with Crippen LogP contribution in [0.1, 0.15) is 73.9 Å². The van der Waals surface area contributed by atoms with E-state index in [2.05, 4.69) is 36.0 Å². The Balaban J connectivity index is 0.749. The van der Waals surface area contributed by atoms with E-state index in [-0.39, 0.29) is 46.5 Å². The molecule has 9 rings (SSSR count). The van der Waals surface area contributed by atoms with Gasteiger partial charge in [-0.05, 0) is 98.7 Å². The predicted octanol–water partition coefficient (Wildman–Crippen LogP) is 7.45. The normalized spacial score (nSPS) is 16.9. The summed E-state index contributed by atoms with van der Waals surface area (Å²) < 4.78 is 6.13. The molecule has 3 fully saturated rings. The lowest BCUT2D eigenvalue weighted by molar-refractivity contribution is -0.137. The molecule has 4 aliphatic rings. The molecular weight excluding hydrogens is 901 g/mol. The first-order valence-electron chi connectivity index (χ1n) is 24.6. The van der Waals surface area contributed by atoms with Gasteiger partial charge in [-0.15, -0.1) is 0 Å². The quantitative estimate of drug-likeness (QED) is 0.0644. The van der Waals surface area contributed by atoms with Gasteiger partial charge in [-0.2, -0.15) is 4.98 Å². The third kappa shape index (κ3) is 9.80. The Bertz CT molecular complexity index is 2800. The molecule has 1 aromatic heterocycles. The number of benzene rings is 4. The van der Waals surface area contributed by atoms with E-state index in [1.807, 2.05) is 81.2 Å². The highest BCUT2D eigenvalue weighted by molar-refractivity contribution is 6.22. The molecule has 0 bridgehead atoms. The van der Waals surface area contributed by atoms with E-state index in [0.29, 0.717) is 52.7 Å². The molecule has 0 unspecified atom stereocenters. The van der Waals surface area contributed by atoms with Crippen molar-refractivity contribution in [2.45, 2.75) is 58.4 Å². The second-order valence-corrected chi connectivity index (χ2v) is 19.0. The lowest BCUT2D eigenvalue weighted by atomic mass is 9.93. The molecule has 18 nitrogen and oxygen atoms in total. The highest BCUT2D eigenvalue weighted by Gasteiger charge is 2.35. The number of carbonyl (C=O) groups excluding carboxylic acids is 3. The zero-order valence-electron chi connectivity index (χ0n) is 41.1. The molecule has 71 heavy (non-hydrogen) atoms. The molecule has 0 atom stereocenters. The number of piperidine rings is 2. The molecule has 5 heterocycles. The van der Waals surface area contributed by atoms with Crippen molar-refractivity contribution in [3.05, 3.63) is 102 Å². The smallest absolute Gasteiger partial charge is 0.325 e. The number of aromatic nitrogens is 2. The van der Waals surface area contributed by atoms with Gasteiger partial charge in [0.05, 0.1) is 41.0 Å². The third-order valence-corrected chi connectivity index (χ3v) is 14.5. The number of ether oxygens (including phenoxy) is 1. The van der Waals surface area contributed by atoms with Crippen molar-refractivity contribution in [2.24, 2.45) is 11.7 Å². The molecule has 0 radical (unpaired) electrons. The Kier molecular flexibility index (Phi) is 13.9. The number of nitrogens with zero attached hydrogens (tertiary/aromatic N) is 9. The van der Waals surface area contributed by atoms with Gasteiger partial charge in [-0.25, -0.2) is 14.7 Å². The number of amidine groups is 1. The molecule has 4 aliphatic heterocycles. The first kappa shape index (κ1) is 48.4. The number of primary amides is 1. The number of para-hydroxylation sites is 1. The van der Waals surface area contributed by atoms with E-state index < -0.39 is 6.03 Å². The van der Waals surface area contributed by atoms with Crippen LogP contribution < -0.4 is 40.3 Å². The van der Waals surface area contributed by atoms with Crippen LogP contribution in [0.5, 0.6) is 17.2 Å². The number of carbonyl (C=O) groups is 3. The Morgan fingerprint density at radius 1 is 0.831 bits per heavy atom. The van der Waals surface area contributed by atoms with Crippen molar-refractivity contribution >= 4 is 69.6 Å². The minimum Gasteiger partial charge on any atom is -0.508 e. The number of hydrogen-bond acceptors (Lipinski definition) is 14. The van der Waals surface area contributed by atoms with Gasteiger partial charge in [0.25, 0.3) is 5.91 Å². The Labute approximate surface area is 414 Å². The van der Waals surface area contributed by atoms with Gasteiger partial charge in [0.1, 0.15) is 28.8 Å². The van der Waals surface area contributed by atoms with Crippen LogP contribution in [-0.4, -0.2) is 133 Å². The van der Waals surface area contributed by atoms with Crippen LogP contribution in [-0.2, 0) is 4.79 Å². The molecular formula is C53H64N12O6. The van der Waals surface area contributed by atoms with Gasteiger partial charge in [-0.1, -0.05) is 26.0 Å². The molecule has 372 valence electrons. The highest BCUT2D eigenvalue weighted by atomic mass is 16.5. The standard InChI is InChI=1S/C53H64N12O6/c1-6-71-47-29-38(15-16-42(47)57-53-56-32-44-49(58-53)59(4)43-10-8-7-9-39(43)51(69)60(44)5)61-21-17-34(18-22-61)50(68)64-23-19-36(20-24-64)63-27-25-62(26-28-63)35-11-13-37(14-12-35)65(52(55)70)48(54)41-30-40(33(2)3)45(66)31-46(41)67/h7-16,29-34,36,54,66-67H,6,17-28H2,1-5H3,(H2,55,70)(H,56,57,58). The van der Waals surface area contributed by atoms with E-state index in [1.54, 1.807) is 30.3 Å². The summed E-state index contributed by atoms with van der Waals surface area (Å²) >= 11 is 0. The van der Waals surface area contributed by atoms with Crippen LogP contribution >= 0.6 is 0 Å². The van der Waals surface area contributed by atoms with Crippen molar-refractivity contribution in [3.63, 3.8) is 0 Å². The minimum absolute atomic E-state index is 0.00633. The Hall–Kier alpha value is -7.60. The summed E-state index contributed by atoms with van der Waals surface area (Å²) in [5, 5.41) is 33.1. The fraction of sp³-hybridized carbons (Fsp3) is 0.396. The molecule has 6 N–H and O–H groups in total. The number of urea groups is 1. The van der Waals surface area contributed by atoms with Crippen molar-refractivity contribution in [1.29, 1.82) is 5.41 Å². The zero-order valence-corrected chi connectivity index (χ0v) is 41.1. The van der Waals surface area contributed by atoms with Crippen LogP contribution in [0, 0.1) is 11.3 Å². The van der Waals surface area contributed by atoms with Crippen molar-refractivity contribution < 1.29 is 29.3 Å². The van der Waals surface area contributed by atoms with Gasteiger partial charge < -0.3 is 50.5 Å². The average molecular weight is 965 g/mol. The lowest BCUT2D eigenvalue weighted by Gasteiger charge is -2.44. The lowest BCUT2D eigenvalue weighted by Crippen LogP contribution is -2.54. The van der Waals surface area contributed by atoms with Crippen LogP contribution in [0.25, 0.3) is 0 Å². The molecule has 0 spiro atoms. The van der Waals surface area contributed by atoms with E-state index >= 15 is 0 Å². The number of fused-ring (bicyclic) bond motifs is 2. The maximum atomic E-state index is 13.9. The van der Waals surface area contributed by atoms with Crippen LogP contribution in [0.3, 0.4) is 0 Å². The number of anilines is 8. The first-order valence-corrected chi connectivity index (χ1v) is 24.6. The number of phenols is 2. The molecule has 0 saturated carbocycles. The van der Waals surface area contributed by atoms with Gasteiger partial charge in [0.2, 0.25) is 11.9 Å². The van der Waals surface area contributed by atoms with Crippen LogP contribution in [0.2, 0.25) is 0 Å². The van der Waals surface area contributed by atoms with Crippen LogP contribution in [0.4, 0.5) is 50.7 Å². The summed E-state index contributed by atoms with van der Waals surface area (Å²) in [5.74, 6) is 1.04. The molecule has 4 amide bonds. The van der Waals surface area contributed by atoms with E-state index in [1.165, 1.54) is 12.1 Å². The number of likely N-dealkylation sites (tertiary alicyclic amines) is 1. The summed E-state index contributed by atoms with van der Waals surface area (Å²) in [6, 6.07) is 23.2. The number of rotatable bonds is 11. The van der Waals surface area contributed by atoms with E-state index in [9.17, 15) is 24.6 Å². The Morgan fingerprint density at radius 2 is 1.51 bits per heavy atom. The summed E-state index contributed by atoms with van der Waals surface area (Å²) in [4.78, 5) is 63.1. The molecule has 5 aromatic rings.